The van der Waals surface area contributed by atoms with Crippen LogP contribution in [0.15, 0.2) is 97.6 Å². The second-order valence-corrected chi connectivity index (χ2v) is 13.2. The van der Waals surface area contributed by atoms with Gasteiger partial charge in [-0.25, -0.2) is 30.9 Å². The molecule has 25 heteroatoms. The van der Waals surface area contributed by atoms with Crippen molar-refractivity contribution in [3.8, 4) is 0 Å². The predicted molar refractivity (Wildman–Crippen MR) is 191 cm³/mol. The van der Waals surface area contributed by atoms with Crippen LogP contribution < -0.4 is 10.2 Å². The number of anilines is 2. The van der Waals surface area contributed by atoms with E-state index in [9.17, 15) is 66.8 Å². The van der Waals surface area contributed by atoms with E-state index in [-0.39, 0.29) is 15.3 Å². The second kappa shape index (κ2) is 18.6. The van der Waals surface area contributed by atoms with Crippen LogP contribution in [0.2, 0.25) is 0 Å². The molecular formula is C37H25F12N6O6P. The number of phosphoric ester groups is 1. The van der Waals surface area contributed by atoms with Crippen molar-refractivity contribution < 1.29 is 86.6 Å². The van der Waals surface area contributed by atoms with Crippen LogP contribution in [0.25, 0.3) is 0 Å². The molecule has 3 N–H and O–H groups in total. The molecule has 0 radical (unpaired) electrons. The van der Waals surface area contributed by atoms with E-state index in [1.54, 1.807) is 0 Å². The molecule has 0 saturated heterocycles. The third-order valence-electron chi connectivity index (χ3n) is 7.78. The molecule has 12 nitrogen and oxygen atoms in total. The minimum atomic E-state index is -5.26. The van der Waals surface area contributed by atoms with Gasteiger partial charge >= 0.3 is 20.2 Å². The Labute approximate surface area is 345 Å². The molecule has 6 rings (SSSR count). The van der Waals surface area contributed by atoms with Gasteiger partial charge < -0.3 is 15.1 Å². The summed E-state index contributed by atoms with van der Waals surface area (Å²) in [6.07, 6.45) is -7.41. The summed E-state index contributed by atoms with van der Waals surface area (Å²) in [5, 5.41) is 9.08. The molecule has 2 heterocycles. The van der Waals surface area contributed by atoms with E-state index < -0.39 is 126 Å². The fourth-order valence-electron chi connectivity index (χ4n) is 5.07. The van der Waals surface area contributed by atoms with E-state index in [0.29, 0.717) is 53.5 Å². The normalized spacial score (nSPS) is 13.3. The number of phosphoric acid groups is 1. The van der Waals surface area contributed by atoms with Crippen LogP contribution in [0.3, 0.4) is 0 Å². The highest BCUT2D eigenvalue weighted by atomic mass is 31.2. The lowest BCUT2D eigenvalue weighted by Crippen LogP contribution is -2.34. The quantitative estimate of drug-likeness (QED) is 0.0664. The van der Waals surface area contributed by atoms with Crippen LogP contribution >= 0.6 is 7.82 Å². The predicted octanol–water partition coefficient (Wildman–Crippen LogP) is 8.70. The first-order valence-corrected chi connectivity index (χ1v) is 18.0. The van der Waals surface area contributed by atoms with Crippen LogP contribution in [-0.4, -0.2) is 47.9 Å². The summed E-state index contributed by atoms with van der Waals surface area (Å²) < 4.78 is 212. The molecule has 0 spiro atoms. The summed E-state index contributed by atoms with van der Waals surface area (Å²) >= 11 is 0. The number of hydrogen-bond donors (Lipinski definition) is 3. The maximum Gasteiger partial charge on any atom is 0.471 e. The van der Waals surface area contributed by atoms with Crippen LogP contribution in [0.1, 0.15) is 48.5 Å². The molecule has 0 fully saturated rings. The molecule has 0 aliphatic heterocycles. The van der Waals surface area contributed by atoms with Gasteiger partial charge in [0.25, 0.3) is 11.8 Å². The van der Waals surface area contributed by atoms with E-state index in [1.807, 2.05) is 0 Å². The number of amides is 2. The summed E-state index contributed by atoms with van der Waals surface area (Å²) in [6, 6.07) is 8.77. The first kappa shape index (κ1) is 40.9. The largest absolute Gasteiger partial charge is 0.471 e. The lowest BCUT2D eigenvalue weighted by molar-refractivity contribution is -0.139. The topological polar surface area (TPSA) is 152 Å². The summed E-state index contributed by atoms with van der Waals surface area (Å²) in [7, 11) is -5.26. The second-order valence-electron chi connectivity index (χ2n) is 12.0. The number of carbonyl (C=O) groups is 2. The number of carbonyl (C=O) groups excluding carboxylic acids is 2. The molecule has 0 atom stereocenters. The molecular weight excluding hydrogens is 883 g/mol. The van der Waals surface area contributed by atoms with Crippen LogP contribution in [-0.2, 0) is 34.4 Å². The number of nitrogens with zero attached hydrogens (tertiary/aromatic N) is 5. The average molecular weight is 913 g/mol. The van der Waals surface area contributed by atoms with Gasteiger partial charge in [-0.1, -0.05) is 24.3 Å². The molecule has 62 heavy (non-hydrogen) atoms. The fraction of sp³-hybridized carbons (Fsp3) is 0.135. The average Bonchev–Trinajstić information content (AvgIpc) is 3.88. The lowest BCUT2D eigenvalue weighted by Gasteiger charge is -2.21. The van der Waals surface area contributed by atoms with Gasteiger partial charge in [-0.2, -0.15) is 36.5 Å². The van der Waals surface area contributed by atoms with Crippen LogP contribution in [0.5, 0.6) is 0 Å². The number of hydrogen-bond acceptors (Lipinski definition) is 6. The van der Waals surface area contributed by atoms with E-state index in [4.69, 9.17) is 15.3 Å². The fourth-order valence-corrected chi connectivity index (χ4v) is 5.33. The Kier molecular flexibility index (Phi) is 12.3. The van der Waals surface area contributed by atoms with Crippen molar-refractivity contribution in [1.29, 1.82) is 0 Å². The Morgan fingerprint density at radius 3 is 1.56 bits per heavy atom. The van der Waals surface area contributed by atoms with Gasteiger partial charge in [-0.3, -0.25) is 28.4 Å². The number of benzene rings is 4. The monoisotopic (exact) mass is 912 g/mol. The minimum Gasteiger partial charge on any atom is -0.319 e. The molecule has 4 aromatic carbocycles. The summed E-state index contributed by atoms with van der Waals surface area (Å²) in [5.41, 5.74) is -8.94. The summed E-state index contributed by atoms with van der Waals surface area (Å²) in [6.45, 7) is -7.77. The number of aromatic nitrogens is 4. The Morgan fingerprint density at radius 2 is 1.10 bits per heavy atom. The van der Waals surface area contributed by atoms with Crippen molar-refractivity contribution in [1.82, 2.24) is 19.6 Å². The SMILES string of the molecule is [2H]C([2H])(c1c(F)cccc1C(F)(F)F)n1cc(N(COP(=O)(O)O)C(=O)c2c(F)cccc2F)cn1.[2H]C([2H])(c1c(F)cccc1C(F)(F)F)n1cc(NC(=O)c2c(F)cccc2F)cn1. The molecule has 328 valence electrons. The van der Waals surface area contributed by atoms with E-state index in [0.717, 1.165) is 48.8 Å². The van der Waals surface area contributed by atoms with Gasteiger partial charge in [0.05, 0.1) is 53.4 Å². The Hall–Kier alpha value is -6.49. The van der Waals surface area contributed by atoms with Crippen molar-refractivity contribution >= 4 is 31.0 Å². The number of rotatable bonds is 11. The van der Waals surface area contributed by atoms with Crippen LogP contribution in [0, 0.1) is 34.9 Å². The van der Waals surface area contributed by atoms with Crippen molar-refractivity contribution in [2.24, 2.45) is 0 Å². The highest BCUT2D eigenvalue weighted by Gasteiger charge is 2.36. The highest BCUT2D eigenvalue weighted by Crippen LogP contribution is 2.37. The lowest BCUT2D eigenvalue weighted by atomic mass is 10.1. The first-order valence-electron chi connectivity index (χ1n) is 18.5. The molecule has 0 aliphatic rings. The minimum absolute atomic E-state index is 0.186. The zero-order valence-electron chi connectivity index (χ0n) is 34.2. The van der Waals surface area contributed by atoms with Crippen molar-refractivity contribution in [2.75, 3.05) is 16.9 Å². The van der Waals surface area contributed by atoms with Crippen LogP contribution in [0.4, 0.5) is 64.1 Å². The molecule has 2 amide bonds. The molecule has 6 aromatic rings. The standard InChI is InChI=1S/C19H14F6N3O5P.C18H11F6N3O/c20-14-4-1-3-13(19(23,24)25)12(14)9-27-8-11(7-26-27)28(10-33-34(30,31)32)18(29)17-15(21)5-2-6-16(17)22;19-13-4-1-3-12(18(22,23)24)11(13)9-27-8-10(7-25-27)26-17(28)16-14(20)5-2-6-15(16)21/h1-8H,9-10H2,(H2,30,31,32);1-8H,9H2,(H,26,28)/i2*9D2. The number of halogens is 12. The summed E-state index contributed by atoms with van der Waals surface area (Å²) in [5.74, 6) is -10.9. The molecule has 2 aromatic heterocycles. The van der Waals surface area contributed by atoms with E-state index in [2.05, 4.69) is 20.0 Å². The third-order valence-corrected chi connectivity index (χ3v) is 8.23. The van der Waals surface area contributed by atoms with Gasteiger partial charge in [0.15, 0.2) is 0 Å². The highest BCUT2D eigenvalue weighted by molar-refractivity contribution is 7.46. The van der Waals surface area contributed by atoms with Gasteiger partial charge in [0.2, 0.25) is 0 Å². The zero-order chi connectivity index (χ0) is 49.3. The Morgan fingerprint density at radius 1 is 0.677 bits per heavy atom. The number of alkyl halides is 6. The first-order chi connectivity index (χ1) is 30.5. The van der Waals surface area contributed by atoms with Gasteiger partial charge in [-0.05, 0) is 48.5 Å². The Balaban J connectivity index is 0.000000251. The maximum absolute atomic E-state index is 14.4. The third kappa shape index (κ3) is 11.5. The number of nitrogens with one attached hydrogen (secondary N) is 1. The summed E-state index contributed by atoms with van der Waals surface area (Å²) in [4.78, 5) is 43.1. The molecule has 0 unspecified atom stereocenters. The van der Waals surface area contributed by atoms with E-state index >= 15 is 0 Å². The van der Waals surface area contributed by atoms with Crippen molar-refractivity contribution in [3.63, 3.8) is 0 Å². The van der Waals surface area contributed by atoms with Gasteiger partial charge in [0.1, 0.15) is 52.8 Å². The maximum atomic E-state index is 14.4. The van der Waals surface area contributed by atoms with Gasteiger partial charge in [0, 0.05) is 23.5 Å². The smallest absolute Gasteiger partial charge is 0.319 e. The van der Waals surface area contributed by atoms with Crippen molar-refractivity contribution in [2.45, 2.75) is 25.3 Å². The Bertz CT molecular complexity index is 2800. The molecule has 0 bridgehead atoms. The van der Waals surface area contributed by atoms with E-state index in [1.165, 1.54) is 0 Å². The molecule has 0 saturated carbocycles. The van der Waals surface area contributed by atoms with Crippen molar-refractivity contribution in [3.05, 3.63) is 166 Å². The van der Waals surface area contributed by atoms with Gasteiger partial charge in [-0.15, -0.1) is 0 Å². The molecule has 0 aliphatic carbocycles. The zero-order valence-corrected chi connectivity index (χ0v) is 31.1.